The molecule has 0 spiro atoms. The molecule has 3 aromatic rings. The molecule has 0 bridgehead atoms. The fourth-order valence-corrected chi connectivity index (χ4v) is 2.78. The van der Waals surface area contributed by atoms with E-state index in [-0.39, 0.29) is 0 Å². The summed E-state index contributed by atoms with van der Waals surface area (Å²) in [6.07, 6.45) is 5.27. The third-order valence-corrected chi connectivity index (χ3v) is 4.28. The molecule has 1 N–H and O–H groups in total. The van der Waals surface area contributed by atoms with Crippen LogP contribution >= 0.6 is 23.2 Å². The number of hydrogen-bond acceptors (Lipinski definition) is 2. The summed E-state index contributed by atoms with van der Waals surface area (Å²) in [5.41, 5.74) is 3.16. The molecule has 3 rings (SSSR count). The van der Waals surface area contributed by atoms with Crippen molar-refractivity contribution in [1.29, 1.82) is 0 Å². The lowest BCUT2D eigenvalue weighted by Crippen LogP contribution is -2.19. The third kappa shape index (κ3) is 2.83. The summed E-state index contributed by atoms with van der Waals surface area (Å²) in [5.74, 6) is 0. The number of rotatable bonds is 4. The Balaban J connectivity index is 2.11. The molecule has 2 aromatic heterocycles. The van der Waals surface area contributed by atoms with Crippen LogP contribution in [0.2, 0.25) is 10.0 Å². The molecule has 6 heteroatoms. The van der Waals surface area contributed by atoms with Crippen molar-refractivity contribution in [3.05, 3.63) is 64.9 Å². The number of pyridine rings is 1. The van der Waals surface area contributed by atoms with Crippen LogP contribution in [0.3, 0.4) is 0 Å². The molecular weight excluding hydrogens is 331 g/mol. The van der Waals surface area contributed by atoms with E-state index in [0.29, 0.717) is 15.7 Å². The Morgan fingerprint density at radius 3 is 2.91 bits per heavy atom. The molecule has 0 unspecified atom stereocenters. The van der Waals surface area contributed by atoms with Crippen molar-refractivity contribution in [3.8, 4) is 0 Å². The number of aromatic nitrogens is 2. The van der Waals surface area contributed by atoms with E-state index in [1.54, 1.807) is 25.6 Å². The summed E-state index contributed by atoms with van der Waals surface area (Å²) in [6, 6.07) is 9.32. The van der Waals surface area contributed by atoms with E-state index in [0.717, 1.165) is 22.3 Å². The van der Waals surface area contributed by atoms with Gasteiger partial charge in [0.25, 0.3) is 0 Å². The van der Waals surface area contributed by atoms with Crippen LogP contribution in [0, 0.1) is 0 Å². The molecule has 2 heterocycles. The highest BCUT2D eigenvalue weighted by Crippen LogP contribution is 2.36. The first-order valence-electron chi connectivity index (χ1n) is 6.90. The van der Waals surface area contributed by atoms with Gasteiger partial charge in [0, 0.05) is 36.1 Å². The van der Waals surface area contributed by atoms with Crippen LogP contribution in [0.1, 0.15) is 5.56 Å². The predicted molar refractivity (Wildman–Crippen MR) is 98.5 cm³/mol. The summed E-state index contributed by atoms with van der Waals surface area (Å²) in [7, 11) is 1.69. The van der Waals surface area contributed by atoms with Gasteiger partial charge in [-0.15, -0.1) is 0 Å². The van der Waals surface area contributed by atoms with Gasteiger partial charge >= 0.3 is 0 Å². The van der Waals surface area contributed by atoms with E-state index < -0.39 is 0 Å². The average molecular weight is 345 g/mol. The van der Waals surface area contributed by atoms with Crippen LogP contribution < -0.4 is 4.90 Å². The molecular formula is C17H14Cl2N4. The summed E-state index contributed by atoms with van der Waals surface area (Å²) < 4.78 is 0. The third-order valence-electron chi connectivity index (χ3n) is 3.47. The second-order valence-electron chi connectivity index (χ2n) is 4.87. The highest BCUT2D eigenvalue weighted by Gasteiger charge is 2.17. The zero-order valence-corrected chi connectivity index (χ0v) is 13.9. The van der Waals surface area contributed by atoms with Gasteiger partial charge in [-0.2, -0.15) is 0 Å². The maximum atomic E-state index is 6.35. The lowest BCUT2D eigenvalue weighted by atomic mass is 10.1. The van der Waals surface area contributed by atoms with Gasteiger partial charge in [0.1, 0.15) is 5.65 Å². The molecule has 23 heavy (non-hydrogen) atoms. The van der Waals surface area contributed by atoms with E-state index >= 15 is 0 Å². The average Bonchev–Trinajstić information content (AvgIpc) is 2.99. The zero-order chi connectivity index (χ0) is 16.4. The topological polar surface area (TPSA) is 44.3 Å². The van der Waals surface area contributed by atoms with Crippen LogP contribution in [-0.2, 0) is 0 Å². The van der Waals surface area contributed by atoms with E-state index in [1.807, 2.05) is 35.4 Å². The summed E-state index contributed by atoms with van der Waals surface area (Å²) in [6.45, 7) is 4.20. The molecule has 4 nitrogen and oxygen atoms in total. The Morgan fingerprint density at radius 1 is 1.30 bits per heavy atom. The van der Waals surface area contributed by atoms with Crippen molar-refractivity contribution in [1.82, 2.24) is 9.97 Å². The van der Waals surface area contributed by atoms with Crippen molar-refractivity contribution in [2.24, 2.45) is 4.99 Å². The molecule has 116 valence electrons. The number of H-pyrrole nitrogens is 1. The minimum absolute atomic E-state index is 0.452. The highest BCUT2D eigenvalue weighted by atomic mass is 35.5. The number of aromatic amines is 1. The lowest BCUT2D eigenvalue weighted by Gasteiger charge is -2.23. The van der Waals surface area contributed by atoms with Gasteiger partial charge in [-0.05, 0) is 24.3 Å². The predicted octanol–water partition coefficient (Wildman–Crippen LogP) is 5.01. The van der Waals surface area contributed by atoms with Gasteiger partial charge in [-0.3, -0.25) is 9.89 Å². The molecule has 0 radical (unpaired) electrons. The SMILES string of the molecule is C=C(c1c[nH]c2ncccc12)N(/C=N\C)c1cccc(Cl)c1Cl. The van der Waals surface area contributed by atoms with Crippen LogP contribution in [0.15, 0.2) is 54.3 Å². The van der Waals surface area contributed by atoms with Crippen LogP contribution in [0.25, 0.3) is 16.7 Å². The number of halogens is 2. The fourth-order valence-electron chi connectivity index (χ4n) is 2.40. The van der Waals surface area contributed by atoms with Crippen molar-refractivity contribution >= 4 is 52.0 Å². The van der Waals surface area contributed by atoms with Crippen LogP contribution in [0.4, 0.5) is 5.69 Å². The minimum Gasteiger partial charge on any atom is -0.345 e. The van der Waals surface area contributed by atoms with Gasteiger partial charge in [0.05, 0.1) is 22.1 Å². The number of nitrogens with zero attached hydrogens (tertiary/aromatic N) is 3. The van der Waals surface area contributed by atoms with Gasteiger partial charge in [0.2, 0.25) is 0 Å². The van der Waals surface area contributed by atoms with Crippen LogP contribution in [0.5, 0.6) is 0 Å². The standard InChI is InChI=1S/C17H14Cl2N4/c1-11(13-9-22-17-12(13)5-4-8-21-17)23(10-20-2)15-7-3-6-14(18)16(15)19/h3-10H,1H2,2H3,(H,21,22)/b20-10-. The number of hydrogen-bond donors (Lipinski definition) is 1. The molecule has 0 saturated heterocycles. The zero-order valence-electron chi connectivity index (χ0n) is 12.4. The first-order valence-corrected chi connectivity index (χ1v) is 7.66. The van der Waals surface area contributed by atoms with Gasteiger partial charge in [0.15, 0.2) is 0 Å². The number of aliphatic imine (C=N–C) groups is 1. The fraction of sp³-hybridized carbons (Fsp3) is 0.0588. The number of fused-ring (bicyclic) bond motifs is 1. The molecule has 0 atom stereocenters. The molecule has 1 aromatic carbocycles. The van der Waals surface area contributed by atoms with Gasteiger partial charge in [-0.25, -0.2) is 4.98 Å². The normalized spacial score (nSPS) is 11.3. The Bertz CT molecular complexity index is 898. The maximum absolute atomic E-state index is 6.35. The van der Waals surface area contributed by atoms with Crippen molar-refractivity contribution in [3.63, 3.8) is 0 Å². The van der Waals surface area contributed by atoms with Crippen molar-refractivity contribution < 1.29 is 0 Å². The summed E-state index contributed by atoms with van der Waals surface area (Å²) in [5, 5.41) is 1.91. The van der Waals surface area contributed by atoms with Crippen molar-refractivity contribution in [2.45, 2.75) is 0 Å². The van der Waals surface area contributed by atoms with E-state index in [4.69, 9.17) is 23.2 Å². The Hall–Kier alpha value is -2.30. The Kier molecular flexibility index (Phi) is 4.37. The second kappa shape index (κ2) is 6.44. The van der Waals surface area contributed by atoms with Crippen molar-refractivity contribution in [2.75, 3.05) is 11.9 Å². The Morgan fingerprint density at radius 2 is 2.13 bits per heavy atom. The number of anilines is 1. The second-order valence-corrected chi connectivity index (χ2v) is 5.65. The molecule has 0 amide bonds. The maximum Gasteiger partial charge on any atom is 0.137 e. The van der Waals surface area contributed by atoms with Gasteiger partial charge in [-0.1, -0.05) is 35.8 Å². The van der Waals surface area contributed by atoms with Crippen LogP contribution in [-0.4, -0.2) is 23.4 Å². The minimum atomic E-state index is 0.452. The largest absolute Gasteiger partial charge is 0.345 e. The number of benzene rings is 1. The molecule has 0 aliphatic carbocycles. The number of nitrogens with one attached hydrogen (secondary N) is 1. The molecule has 0 aliphatic rings. The molecule has 0 fully saturated rings. The smallest absolute Gasteiger partial charge is 0.137 e. The van der Waals surface area contributed by atoms with E-state index in [2.05, 4.69) is 21.5 Å². The molecule has 0 aliphatic heterocycles. The Labute approximate surface area is 144 Å². The highest BCUT2D eigenvalue weighted by molar-refractivity contribution is 6.44. The summed E-state index contributed by atoms with van der Waals surface area (Å²) >= 11 is 12.5. The first kappa shape index (κ1) is 15.6. The first-order chi connectivity index (χ1) is 11.1. The lowest BCUT2D eigenvalue weighted by molar-refractivity contribution is 1.32. The van der Waals surface area contributed by atoms with Gasteiger partial charge < -0.3 is 4.98 Å². The summed E-state index contributed by atoms with van der Waals surface area (Å²) in [4.78, 5) is 13.4. The molecule has 0 saturated carbocycles. The van der Waals surface area contributed by atoms with E-state index in [9.17, 15) is 0 Å². The monoisotopic (exact) mass is 344 g/mol. The van der Waals surface area contributed by atoms with E-state index in [1.165, 1.54) is 0 Å². The quantitative estimate of drug-likeness (QED) is 0.534.